The van der Waals surface area contributed by atoms with E-state index in [1.165, 1.54) is 5.56 Å². The van der Waals surface area contributed by atoms with Crippen LogP contribution in [0, 0.1) is 0 Å². The Kier molecular flexibility index (Phi) is 4.61. The van der Waals surface area contributed by atoms with Crippen molar-refractivity contribution >= 4 is 22.9 Å². The van der Waals surface area contributed by atoms with E-state index < -0.39 is 0 Å². The molecule has 0 aliphatic carbocycles. The van der Waals surface area contributed by atoms with Crippen molar-refractivity contribution in [2.24, 2.45) is 0 Å². The summed E-state index contributed by atoms with van der Waals surface area (Å²) in [5.74, 6) is -0.149. The van der Waals surface area contributed by atoms with Gasteiger partial charge in [-0.25, -0.2) is 0 Å². The van der Waals surface area contributed by atoms with E-state index in [1.54, 1.807) is 18.5 Å². The van der Waals surface area contributed by atoms with Gasteiger partial charge in [-0.15, -0.1) is 0 Å². The highest BCUT2D eigenvalue weighted by molar-refractivity contribution is 6.28. The van der Waals surface area contributed by atoms with Crippen LogP contribution in [0.2, 0.25) is 0 Å². The lowest BCUT2D eigenvalue weighted by Crippen LogP contribution is -2.19. The largest absolute Gasteiger partial charge is 0.360 e. The van der Waals surface area contributed by atoms with Crippen LogP contribution >= 0.6 is 0 Å². The number of fused-ring (bicyclic) bond motifs is 2. The number of rotatable bonds is 5. The van der Waals surface area contributed by atoms with Crippen molar-refractivity contribution in [2.75, 3.05) is 10.6 Å². The monoisotopic (exact) mass is 431 g/mol. The van der Waals surface area contributed by atoms with Gasteiger partial charge in [0, 0.05) is 35.4 Å². The molecule has 1 atom stereocenters. The maximum atomic E-state index is 13.2. The van der Waals surface area contributed by atoms with Gasteiger partial charge in [-0.3, -0.25) is 14.8 Å². The minimum atomic E-state index is -0.149. The highest BCUT2D eigenvalue weighted by Gasteiger charge is 2.40. The molecule has 1 unspecified atom stereocenters. The first kappa shape index (κ1) is 19.3. The van der Waals surface area contributed by atoms with Gasteiger partial charge in [-0.1, -0.05) is 36.4 Å². The van der Waals surface area contributed by atoms with E-state index >= 15 is 0 Å². The summed E-state index contributed by atoms with van der Waals surface area (Å²) in [7, 11) is 0. The summed E-state index contributed by atoms with van der Waals surface area (Å²) in [6.07, 6.45) is 7.93. The number of carbonyl (C=O) groups is 1. The molecule has 6 heteroatoms. The SMILES string of the molecule is O=C(Nc1cccnc1)C1=C2NC2Nc2ccc(-c3cncc(Cc4ccccc4)c3)cc21. The molecule has 0 spiro atoms. The molecule has 2 aromatic heterocycles. The van der Waals surface area contributed by atoms with E-state index in [0.717, 1.165) is 40.1 Å². The fourth-order valence-electron chi connectivity index (χ4n) is 4.24. The Morgan fingerprint density at radius 2 is 1.76 bits per heavy atom. The topological polar surface area (TPSA) is 88.9 Å². The fraction of sp³-hybridized carbons (Fsp3) is 0.0741. The lowest BCUT2D eigenvalue weighted by atomic mass is 9.94. The highest BCUT2D eigenvalue weighted by atomic mass is 16.1. The Morgan fingerprint density at radius 3 is 2.61 bits per heavy atom. The zero-order valence-electron chi connectivity index (χ0n) is 17.7. The maximum Gasteiger partial charge on any atom is 0.258 e. The number of carbonyl (C=O) groups excluding carboxylic acids is 1. The Morgan fingerprint density at radius 1 is 0.848 bits per heavy atom. The fourth-order valence-corrected chi connectivity index (χ4v) is 4.24. The van der Waals surface area contributed by atoms with Gasteiger partial charge in [-0.2, -0.15) is 0 Å². The first-order chi connectivity index (χ1) is 16.2. The van der Waals surface area contributed by atoms with E-state index in [1.807, 2.05) is 42.7 Å². The normalized spacial score (nSPS) is 15.6. The third-order valence-electron chi connectivity index (χ3n) is 5.89. The van der Waals surface area contributed by atoms with Crippen LogP contribution in [0.5, 0.6) is 0 Å². The second-order valence-corrected chi connectivity index (χ2v) is 8.21. The van der Waals surface area contributed by atoms with Crippen LogP contribution in [-0.2, 0) is 11.2 Å². The molecular weight excluding hydrogens is 410 g/mol. The average molecular weight is 431 g/mol. The summed E-state index contributed by atoms with van der Waals surface area (Å²) < 4.78 is 0. The van der Waals surface area contributed by atoms with E-state index in [0.29, 0.717) is 11.3 Å². The summed E-state index contributed by atoms with van der Waals surface area (Å²) in [6, 6.07) is 22.3. The van der Waals surface area contributed by atoms with Crippen molar-refractivity contribution in [1.82, 2.24) is 15.3 Å². The molecule has 2 aliphatic rings. The van der Waals surface area contributed by atoms with Crippen LogP contribution in [-0.4, -0.2) is 22.0 Å². The Hall–Kier alpha value is -4.45. The van der Waals surface area contributed by atoms with Crippen LogP contribution in [0.15, 0.2) is 97.2 Å². The van der Waals surface area contributed by atoms with Crippen molar-refractivity contribution in [3.8, 4) is 11.1 Å². The molecule has 2 aliphatic heterocycles. The van der Waals surface area contributed by atoms with Gasteiger partial charge in [0.15, 0.2) is 0 Å². The standard InChI is InChI=1S/C27H21N5O/c33-27(30-21-7-4-10-28-16-21)24-22-13-19(8-9-23(22)31-26-25(24)32-26)20-12-18(14-29-15-20)11-17-5-2-1-3-6-17/h1-10,12-16,26,31-32H,11H2,(H,30,33). The molecule has 3 N–H and O–H groups in total. The van der Waals surface area contributed by atoms with Crippen molar-refractivity contribution in [3.05, 3.63) is 114 Å². The van der Waals surface area contributed by atoms with Crippen molar-refractivity contribution in [2.45, 2.75) is 12.6 Å². The summed E-state index contributed by atoms with van der Waals surface area (Å²) in [5.41, 5.74) is 8.48. The second-order valence-electron chi connectivity index (χ2n) is 8.21. The molecule has 1 amide bonds. The number of nitrogens with one attached hydrogen (secondary N) is 3. The predicted molar refractivity (Wildman–Crippen MR) is 129 cm³/mol. The number of pyridine rings is 2. The second kappa shape index (κ2) is 7.91. The molecule has 2 aromatic carbocycles. The molecule has 6 nitrogen and oxygen atoms in total. The first-order valence-electron chi connectivity index (χ1n) is 10.9. The highest BCUT2D eigenvalue weighted by Crippen LogP contribution is 2.40. The van der Waals surface area contributed by atoms with Gasteiger partial charge in [0.2, 0.25) is 0 Å². The maximum absolute atomic E-state index is 13.2. The zero-order valence-corrected chi connectivity index (χ0v) is 17.7. The summed E-state index contributed by atoms with van der Waals surface area (Å²) in [5, 5.41) is 9.66. The van der Waals surface area contributed by atoms with Gasteiger partial charge in [0.1, 0.15) is 6.17 Å². The van der Waals surface area contributed by atoms with E-state index in [4.69, 9.17) is 0 Å². The van der Waals surface area contributed by atoms with Crippen LogP contribution in [0.4, 0.5) is 11.4 Å². The number of nitrogens with zero attached hydrogens (tertiary/aromatic N) is 2. The molecule has 160 valence electrons. The number of aromatic nitrogens is 2. The molecule has 6 rings (SSSR count). The molecular formula is C27H21N5O. The van der Waals surface area contributed by atoms with Crippen molar-refractivity contribution in [1.29, 1.82) is 0 Å². The van der Waals surface area contributed by atoms with Crippen LogP contribution in [0.1, 0.15) is 16.7 Å². The van der Waals surface area contributed by atoms with Crippen molar-refractivity contribution in [3.63, 3.8) is 0 Å². The van der Waals surface area contributed by atoms with E-state index in [-0.39, 0.29) is 12.1 Å². The number of anilines is 2. The van der Waals surface area contributed by atoms with E-state index in [9.17, 15) is 4.79 Å². The van der Waals surface area contributed by atoms with Gasteiger partial charge in [0.05, 0.1) is 23.2 Å². The quantitative estimate of drug-likeness (QED) is 0.407. The van der Waals surface area contributed by atoms with Gasteiger partial charge in [-0.05, 0) is 53.4 Å². The molecule has 1 saturated heterocycles. The molecule has 4 aromatic rings. The molecule has 0 bridgehead atoms. The lowest BCUT2D eigenvalue weighted by Gasteiger charge is -2.18. The lowest BCUT2D eigenvalue weighted by molar-refractivity contribution is -0.111. The van der Waals surface area contributed by atoms with Gasteiger partial charge in [0.25, 0.3) is 5.91 Å². The molecule has 0 saturated carbocycles. The minimum absolute atomic E-state index is 0.00821. The van der Waals surface area contributed by atoms with Crippen LogP contribution in [0.25, 0.3) is 16.7 Å². The summed E-state index contributed by atoms with van der Waals surface area (Å²) in [4.78, 5) is 21.8. The Balaban J connectivity index is 1.33. The number of amides is 1. The molecule has 0 radical (unpaired) electrons. The van der Waals surface area contributed by atoms with Crippen molar-refractivity contribution < 1.29 is 4.79 Å². The van der Waals surface area contributed by atoms with Crippen LogP contribution < -0.4 is 16.0 Å². The smallest absolute Gasteiger partial charge is 0.258 e. The zero-order chi connectivity index (χ0) is 22.2. The average Bonchev–Trinajstić information content (AvgIpc) is 3.62. The van der Waals surface area contributed by atoms with Crippen LogP contribution in [0.3, 0.4) is 0 Å². The summed E-state index contributed by atoms with van der Waals surface area (Å²) in [6.45, 7) is 0. The number of benzene rings is 2. The van der Waals surface area contributed by atoms with Gasteiger partial charge < -0.3 is 16.0 Å². The predicted octanol–water partition coefficient (Wildman–Crippen LogP) is 4.44. The third kappa shape index (κ3) is 3.83. The first-order valence-corrected chi connectivity index (χ1v) is 10.9. The van der Waals surface area contributed by atoms with Gasteiger partial charge >= 0.3 is 0 Å². The number of hydrogen-bond donors (Lipinski definition) is 3. The Bertz CT molecular complexity index is 1380. The molecule has 1 fully saturated rings. The Labute approximate surface area is 191 Å². The molecule has 33 heavy (non-hydrogen) atoms. The van der Waals surface area contributed by atoms with E-state index in [2.05, 4.69) is 56.3 Å². The molecule has 4 heterocycles. The summed E-state index contributed by atoms with van der Waals surface area (Å²) >= 11 is 0. The number of hydrogen-bond acceptors (Lipinski definition) is 5. The third-order valence-corrected chi connectivity index (χ3v) is 5.89. The minimum Gasteiger partial charge on any atom is -0.360 e.